The minimum atomic E-state index is 0.0487. The third-order valence-electron chi connectivity index (χ3n) is 1.62. The van der Waals surface area contributed by atoms with Gasteiger partial charge < -0.3 is 0 Å². The maximum absolute atomic E-state index is 3.84. The number of allylic oxidation sites excluding steroid dienone is 2. The first-order chi connectivity index (χ1) is 5.09. The maximum Gasteiger partial charge on any atom is 0.0844 e. The second kappa shape index (κ2) is 2.46. The van der Waals surface area contributed by atoms with E-state index in [1.807, 2.05) is 12.2 Å². The summed E-state index contributed by atoms with van der Waals surface area (Å²) in [5, 5.41) is 0. The van der Waals surface area contributed by atoms with Gasteiger partial charge in [0, 0.05) is 5.41 Å². The van der Waals surface area contributed by atoms with Crippen molar-refractivity contribution in [2.45, 2.75) is 13.8 Å². The first kappa shape index (κ1) is 7.92. The van der Waals surface area contributed by atoms with Gasteiger partial charge in [-0.05, 0) is 25.6 Å². The summed E-state index contributed by atoms with van der Waals surface area (Å²) in [5.74, 6) is 0. The normalized spacial score (nSPS) is 20.5. The van der Waals surface area contributed by atoms with Crippen LogP contribution >= 0.6 is 0 Å². The fourth-order valence-electron chi connectivity index (χ4n) is 1.15. The molecule has 0 aromatic heterocycles. The molecule has 0 aliphatic heterocycles. The van der Waals surface area contributed by atoms with Gasteiger partial charge in [0.1, 0.15) is 0 Å². The van der Waals surface area contributed by atoms with Crippen LogP contribution in [0.25, 0.3) is 0 Å². The predicted molar refractivity (Wildman–Crippen MR) is 49.0 cm³/mol. The van der Waals surface area contributed by atoms with E-state index in [1.165, 1.54) is 0 Å². The molecule has 0 unspecified atom stereocenters. The number of aliphatic imine (C=N–C) groups is 2. The highest BCUT2D eigenvalue weighted by molar-refractivity contribution is 5.48. The van der Waals surface area contributed by atoms with Crippen molar-refractivity contribution in [1.82, 2.24) is 0 Å². The lowest BCUT2D eigenvalue weighted by atomic mass is 9.96. The number of rotatable bonds is 2. The van der Waals surface area contributed by atoms with Gasteiger partial charge in [-0.15, -0.1) is 0 Å². The lowest BCUT2D eigenvalue weighted by Gasteiger charge is -2.07. The minimum absolute atomic E-state index is 0.0487. The molecule has 0 bridgehead atoms. The quantitative estimate of drug-likeness (QED) is 0.536. The van der Waals surface area contributed by atoms with Crippen molar-refractivity contribution in [2.75, 3.05) is 0 Å². The van der Waals surface area contributed by atoms with Gasteiger partial charge in [0.25, 0.3) is 0 Å². The van der Waals surface area contributed by atoms with E-state index < -0.39 is 0 Å². The SMILES string of the molecule is C=NC1=CC(C)(C)C=C1N=C. The largest absolute Gasteiger partial charge is 0.263 e. The first-order valence-electron chi connectivity index (χ1n) is 3.48. The molecule has 2 heteroatoms. The Morgan fingerprint density at radius 1 is 1.09 bits per heavy atom. The zero-order valence-corrected chi connectivity index (χ0v) is 6.96. The molecule has 0 saturated carbocycles. The Morgan fingerprint density at radius 3 is 1.73 bits per heavy atom. The van der Waals surface area contributed by atoms with E-state index in [1.54, 1.807) is 0 Å². The van der Waals surface area contributed by atoms with Crippen LogP contribution in [0.1, 0.15) is 13.8 Å². The van der Waals surface area contributed by atoms with Crippen molar-refractivity contribution in [1.29, 1.82) is 0 Å². The minimum Gasteiger partial charge on any atom is -0.263 e. The van der Waals surface area contributed by atoms with Crippen LogP contribution in [0.15, 0.2) is 33.5 Å². The maximum atomic E-state index is 3.84. The zero-order chi connectivity index (χ0) is 8.48. The molecule has 2 nitrogen and oxygen atoms in total. The summed E-state index contributed by atoms with van der Waals surface area (Å²) in [5.41, 5.74) is 1.72. The summed E-state index contributed by atoms with van der Waals surface area (Å²) in [6.45, 7) is 11.1. The molecule has 0 N–H and O–H groups in total. The van der Waals surface area contributed by atoms with Gasteiger partial charge in [0.05, 0.1) is 11.4 Å². The Morgan fingerprint density at radius 2 is 1.45 bits per heavy atom. The van der Waals surface area contributed by atoms with Crippen molar-refractivity contribution < 1.29 is 0 Å². The smallest absolute Gasteiger partial charge is 0.0844 e. The topological polar surface area (TPSA) is 24.7 Å². The second-order valence-electron chi connectivity index (χ2n) is 3.20. The highest BCUT2D eigenvalue weighted by Crippen LogP contribution is 2.33. The molecule has 58 valence electrons. The monoisotopic (exact) mass is 148 g/mol. The summed E-state index contributed by atoms with van der Waals surface area (Å²) in [6, 6.07) is 0. The summed E-state index contributed by atoms with van der Waals surface area (Å²) >= 11 is 0. The Hall–Kier alpha value is -1.18. The Bertz CT molecular complexity index is 231. The van der Waals surface area contributed by atoms with Crippen molar-refractivity contribution in [3.63, 3.8) is 0 Å². The van der Waals surface area contributed by atoms with E-state index >= 15 is 0 Å². The van der Waals surface area contributed by atoms with Crippen molar-refractivity contribution in [2.24, 2.45) is 15.4 Å². The molecule has 0 atom stereocenters. The lowest BCUT2D eigenvalue weighted by Crippen LogP contribution is -1.97. The molecule has 11 heavy (non-hydrogen) atoms. The van der Waals surface area contributed by atoms with Crippen LogP contribution in [-0.4, -0.2) is 13.4 Å². The second-order valence-corrected chi connectivity index (χ2v) is 3.20. The molecular formula is C9H12N2. The number of hydrogen-bond acceptors (Lipinski definition) is 2. The van der Waals surface area contributed by atoms with Gasteiger partial charge in [-0.25, -0.2) is 0 Å². The molecule has 0 amide bonds. The van der Waals surface area contributed by atoms with Crippen LogP contribution in [0.4, 0.5) is 0 Å². The molecule has 0 radical (unpaired) electrons. The van der Waals surface area contributed by atoms with Crippen LogP contribution in [0.2, 0.25) is 0 Å². The van der Waals surface area contributed by atoms with Crippen LogP contribution in [-0.2, 0) is 0 Å². The van der Waals surface area contributed by atoms with Crippen molar-refractivity contribution in [3.05, 3.63) is 23.5 Å². The van der Waals surface area contributed by atoms with E-state index in [9.17, 15) is 0 Å². The van der Waals surface area contributed by atoms with Gasteiger partial charge >= 0.3 is 0 Å². The van der Waals surface area contributed by atoms with Crippen molar-refractivity contribution >= 4 is 13.4 Å². The van der Waals surface area contributed by atoms with E-state index in [0.29, 0.717) is 0 Å². The highest BCUT2D eigenvalue weighted by atomic mass is 14.8. The van der Waals surface area contributed by atoms with Crippen molar-refractivity contribution in [3.8, 4) is 0 Å². The molecule has 0 saturated heterocycles. The standard InChI is InChI=1S/C9H12N2/c1-9(2)5-7(10-3)8(6-9)11-4/h5-6H,3-4H2,1-2H3. The summed E-state index contributed by atoms with van der Waals surface area (Å²) in [6.07, 6.45) is 4.06. The van der Waals surface area contributed by atoms with E-state index in [4.69, 9.17) is 0 Å². The average Bonchev–Trinajstić information content (AvgIpc) is 2.25. The first-order valence-corrected chi connectivity index (χ1v) is 3.48. The lowest BCUT2D eigenvalue weighted by molar-refractivity contribution is 0.633. The van der Waals surface area contributed by atoms with Gasteiger partial charge in [-0.1, -0.05) is 13.8 Å². The third kappa shape index (κ3) is 1.45. The molecular weight excluding hydrogens is 136 g/mol. The average molecular weight is 148 g/mol. The zero-order valence-electron chi connectivity index (χ0n) is 6.96. The molecule has 0 heterocycles. The van der Waals surface area contributed by atoms with E-state index in [0.717, 1.165) is 11.4 Å². The van der Waals surface area contributed by atoms with Crippen LogP contribution in [0, 0.1) is 5.41 Å². The van der Waals surface area contributed by atoms with Gasteiger partial charge in [-0.2, -0.15) is 0 Å². The Labute approximate surface area is 67.1 Å². The molecule has 1 aliphatic rings. The number of hydrogen-bond donors (Lipinski definition) is 0. The van der Waals surface area contributed by atoms with Crippen LogP contribution < -0.4 is 0 Å². The van der Waals surface area contributed by atoms with E-state index in [-0.39, 0.29) is 5.41 Å². The summed E-state index contributed by atoms with van der Waals surface area (Å²) in [7, 11) is 0. The molecule has 0 aromatic rings. The molecule has 0 spiro atoms. The number of nitrogens with zero attached hydrogens (tertiary/aromatic N) is 2. The Balaban J connectivity index is 3.07. The van der Waals surface area contributed by atoms with Gasteiger partial charge in [0.2, 0.25) is 0 Å². The third-order valence-corrected chi connectivity index (χ3v) is 1.62. The molecule has 0 fully saturated rings. The molecule has 1 rings (SSSR count). The molecule has 1 aliphatic carbocycles. The molecule has 0 aromatic carbocycles. The fourth-order valence-corrected chi connectivity index (χ4v) is 1.15. The summed E-state index contributed by atoms with van der Waals surface area (Å²) in [4.78, 5) is 7.69. The predicted octanol–water partition coefficient (Wildman–Crippen LogP) is 2.20. The van der Waals surface area contributed by atoms with Crippen LogP contribution in [0.5, 0.6) is 0 Å². The Kier molecular flexibility index (Phi) is 1.77. The fraction of sp³-hybridized carbons (Fsp3) is 0.333. The highest BCUT2D eigenvalue weighted by Gasteiger charge is 2.21. The summed E-state index contributed by atoms with van der Waals surface area (Å²) < 4.78 is 0. The van der Waals surface area contributed by atoms with E-state index in [2.05, 4.69) is 37.3 Å². The van der Waals surface area contributed by atoms with Gasteiger partial charge in [-0.3, -0.25) is 9.98 Å². The van der Waals surface area contributed by atoms with Gasteiger partial charge in [0.15, 0.2) is 0 Å². The van der Waals surface area contributed by atoms with Crippen LogP contribution in [0.3, 0.4) is 0 Å².